The summed E-state index contributed by atoms with van der Waals surface area (Å²) in [6.07, 6.45) is 7.61. The van der Waals surface area contributed by atoms with Crippen LogP contribution in [0.4, 0.5) is 0 Å². The molecule has 6 nitrogen and oxygen atoms in total. The van der Waals surface area contributed by atoms with E-state index in [-0.39, 0.29) is 5.91 Å². The Morgan fingerprint density at radius 2 is 1.42 bits per heavy atom. The third-order valence-electron chi connectivity index (χ3n) is 6.14. The van der Waals surface area contributed by atoms with Gasteiger partial charge in [-0.25, -0.2) is 4.68 Å². The summed E-state index contributed by atoms with van der Waals surface area (Å²) in [7, 11) is 1.50. The van der Waals surface area contributed by atoms with Crippen LogP contribution in [-0.4, -0.2) is 32.5 Å². The van der Waals surface area contributed by atoms with Crippen LogP contribution in [0.3, 0.4) is 0 Å². The van der Waals surface area contributed by atoms with Crippen molar-refractivity contribution in [2.45, 2.75) is 26.2 Å². The van der Waals surface area contributed by atoms with E-state index in [1.165, 1.54) is 11.7 Å². The van der Waals surface area contributed by atoms with Crippen LogP contribution in [0.15, 0.2) is 110 Å². The van der Waals surface area contributed by atoms with Crippen molar-refractivity contribution in [3.8, 4) is 39.3 Å². The molecule has 5 aromatic rings. The molecule has 2 N–H and O–H groups in total. The summed E-state index contributed by atoms with van der Waals surface area (Å²) in [5.74, 6) is 0.0210. The number of allylic oxidation sites excluding steroid dienone is 1. The highest BCUT2D eigenvalue weighted by Crippen LogP contribution is 2.32. The lowest BCUT2D eigenvalue weighted by molar-refractivity contribution is 0.0885. The summed E-state index contributed by atoms with van der Waals surface area (Å²) in [5.41, 5.74) is 12.8. The number of nitrogens with zero attached hydrogens (tertiary/aromatic N) is 4. The predicted molar refractivity (Wildman–Crippen MR) is 155 cm³/mol. The van der Waals surface area contributed by atoms with E-state index in [9.17, 15) is 4.79 Å². The van der Waals surface area contributed by atoms with Crippen LogP contribution < -0.4 is 5.73 Å². The van der Waals surface area contributed by atoms with Crippen LogP contribution in [-0.2, 0) is 6.42 Å². The first-order chi connectivity index (χ1) is 18.7. The van der Waals surface area contributed by atoms with Gasteiger partial charge < -0.3 is 5.73 Å². The van der Waals surface area contributed by atoms with Crippen molar-refractivity contribution in [2.75, 3.05) is 7.05 Å². The molecule has 0 fully saturated rings. The standard InChI is InChI=1S/C28H22N4O.C3H6.CH5N/c33-27-13-7-12-22-19-31(30-28(22)26-14-15-29-32(26)27)25-17-23(20-8-3-1-4-9-20)16-24(18-25)21-10-5-2-6-11-21;1-3-2;1-2/h1-6,8-11,14-19H,7,12-13H2;3H,1H2,2H3;2H2,1H3. The Kier molecular flexibility index (Phi) is 8.80. The van der Waals surface area contributed by atoms with E-state index < -0.39 is 0 Å². The van der Waals surface area contributed by atoms with Gasteiger partial charge in [-0.15, -0.1) is 6.58 Å². The van der Waals surface area contributed by atoms with E-state index in [1.807, 2.05) is 29.8 Å². The van der Waals surface area contributed by atoms with Crippen molar-refractivity contribution in [1.82, 2.24) is 19.6 Å². The van der Waals surface area contributed by atoms with E-state index >= 15 is 0 Å². The minimum atomic E-state index is 0.0210. The zero-order chi connectivity index (χ0) is 26.9. The molecule has 0 aliphatic carbocycles. The van der Waals surface area contributed by atoms with Gasteiger partial charge in [-0.05, 0) is 73.3 Å². The van der Waals surface area contributed by atoms with Gasteiger partial charge in [0.15, 0.2) is 0 Å². The smallest absolute Gasteiger partial charge is 0.247 e. The highest BCUT2D eigenvalue weighted by Gasteiger charge is 2.22. The fourth-order valence-corrected chi connectivity index (χ4v) is 4.50. The molecule has 1 aliphatic rings. The molecule has 0 atom stereocenters. The molecule has 3 heterocycles. The Labute approximate surface area is 224 Å². The van der Waals surface area contributed by atoms with Crippen molar-refractivity contribution in [3.05, 3.63) is 116 Å². The lowest BCUT2D eigenvalue weighted by atomic mass is 9.98. The molecule has 1 aliphatic heterocycles. The van der Waals surface area contributed by atoms with E-state index in [0.29, 0.717) is 6.42 Å². The van der Waals surface area contributed by atoms with E-state index in [0.717, 1.165) is 57.7 Å². The molecule has 0 saturated heterocycles. The van der Waals surface area contributed by atoms with Gasteiger partial charge in [0, 0.05) is 18.2 Å². The average molecular weight is 504 g/mol. The number of hydrogen-bond acceptors (Lipinski definition) is 4. The average Bonchev–Trinajstić information content (AvgIpc) is 3.62. The van der Waals surface area contributed by atoms with Gasteiger partial charge in [-0.1, -0.05) is 66.7 Å². The van der Waals surface area contributed by atoms with Gasteiger partial charge in [0.2, 0.25) is 5.91 Å². The molecule has 2 aromatic heterocycles. The molecular weight excluding hydrogens is 470 g/mol. The number of nitrogens with two attached hydrogens (primary N) is 1. The Morgan fingerprint density at radius 1 is 0.842 bits per heavy atom. The molecule has 0 unspecified atom stereocenters. The number of benzene rings is 3. The van der Waals surface area contributed by atoms with Crippen molar-refractivity contribution in [3.63, 3.8) is 0 Å². The predicted octanol–water partition coefficient (Wildman–Crippen LogP) is 6.81. The number of aromatic nitrogens is 4. The Hall–Kier alpha value is -4.55. The molecule has 0 radical (unpaired) electrons. The van der Waals surface area contributed by atoms with Crippen LogP contribution >= 0.6 is 0 Å². The van der Waals surface area contributed by atoms with Gasteiger partial charge >= 0.3 is 0 Å². The maximum Gasteiger partial charge on any atom is 0.247 e. The van der Waals surface area contributed by atoms with Crippen LogP contribution in [0.2, 0.25) is 0 Å². The number of fused-ring (bicyclic) bond motifs is 3. The summed E-state index contributed by atoms with van der Waals surface area (Å²) < 4.78 is 3.43. The van der Waals surface area contributed by atoms with Crippen molar-refractivity contribution >= 4 is 5.91 Å². The molecule has 0 spiro atoms. The van der Waals surface area contributed by atoms with Crippen LogP contribution in [0.5, 0.6) is 0 Å². The zero-order valence-corrected chi connectivity index (χ0v) is 21.9. The largest absolute Gasteiger partial charge is 0.333 e. The minimum absolute atomic E-state index is 0.0210. The highest BCUT2D eigenvalue weighted by atomic mass is 16.2. The van der Waals surface area contributed by atoms with Gasteiger partial charge in [0.25, 0.3) is 0 Å². The first-order valence-electron chi connectivity index (χ1n) is 12.7. The molecule has 6 heteroatoms. The lowest BCUT2D eigenvalue weighted by Crippen LogP contribution is -2.16. The molecular formula is C32H33N5O. The van der Waals surface area contributed by atoms with Crippen molar-refractivity contribution in [1.29, 1.82) is 0 Å². The third kappa shape index (κ3) is 5.71. The third-order valence-corrected chi connectivity index (χ3v) is 6.14. The number of carbonyl (C=O) groups excluding carboxylic acids is 1. The normalized spacial score (nSPS) is 11.9. The molecule has 6 rings (SSSR count). The Bertz CT molecular complexity index is 1440. The SMILES string of the molecule is C=CC.CN.O=C1CCCc2cn(-c3cc(-c4ccccc4)cc(-c4ccccc4)c3)nc2-c2ccnn21. The second-order valence-corrected chi connectivity index (χ2v) is 8.73. The second kappa shape index (κ2) is 12.6. The molecule has 0 amide bonds. The summed E-state index contributed by atoms with van der Waals surface area (Å²) in [4.78, 5) is 12.5. The Balaban J connectivity index is 0.000000630. The number of carbonyl (C=O) groups is 1. The first kappa shape index (κ1) is 26.5. The maximum absolute atomic E-state index is 12.5. The Morgan fingerprint density at radius 3 is 2.00 bits per heavy atom. The van der Waals surface area contributed by atoms with Crippen molar-refractivity contribution < 1.29 is 4.79 Å². The van der Waals surface area contributed by atoms with Gasteiger partial charge in [0.1, 0.15) is 5.69 Å². The lowest BCUT2D eigenvalue weighted by Gasteiger charge is -2.11. The molecule has 192 valence electrons. The van der Waals surface area contributed by atoms with E-state index in [1.54, 1.807) is 12.3 Å². The fourth-order valence-electron chi connectivity index (χ4n) is 4.50. The first-order valence-corrected chi connectivity index (χ1v) is 12.7. The summed E-state index contributed by atoms with van der Waals surface area (Å²) >= 11 is 0. The maximum atomic E-state index is 12.5. The summed E-state index contributed by atoms with van der Waals surface area (Å²) in [6, 6.07) is 29.2. The van der Waals surface area contributed by atoms with Crippen molar-refractivity contribution in [2.24, 2.45) is 5.73 Å². The second-order valence-electron chi connectivity index (χ2n) is 8.73. The zero-order valence-electron chi connectivity index (χ0n) is 21.9. The quantitative estimate of drug-likeness (QED) is 0.274. The number of hydrogen-bond donors (Lipinski definition) is 1. The highest BCUT2D eigenvalue weighted by molar-refractivity contribution is 5.83. The van der Waals surface area contributed by atoms with Crippen LogP contribution in [0, 0.1) is 0 Å². The monoisotopic (exact) mass is 503 g/mol. The van der Waals surface area contributed by atoms with Gasteiger partial charge in [-0.2, -0.15) is 14.9 Å². The molecule has 3 aromatic carbocycles. The molecule has 0 bridgehead atoms. The van der Waals surface area contributed by atoms with Gasteiger partial charge in [-0.3, -0.25) is 4.79 Å². The number of rotatable bonds is 3. The molecule has 0 saturated carbocycles. The van der Waals surface area contributed by atoms with E-state index in [2.05, 4.69) is 90.3 Å². The van der Waals surface area contributed by atoms with Crippen LogP contribution in [0.25, 0.3) is 39.3 Å². The molecule has 38 heavy (non-hydrogen) atoms. The minimum Gasteiger partial charge on any atom is -0.333 e. The van der Waals surface area contributed by atoms with Crippen LogP contribution in [0.1, 0.15) is 30.1 Å². The fraction of sp³-hybridized carbons (Fsp3) is 0.156. The van der Waals surface area contributed by atoms with E-state index in [4.69, 9.17) is 5.10 Å². The topological polar surface area (TPSA) is 78.7 Å². The summed E-state index contributed by atoms with van der Waals surface area (Å²) in [6.45, 7) is 5.25. The van der Waals surface area contributed by atoms with Gasteiger partial charge in [0.05, 0.1) is 17.6 Å². The summed E-state index contributed by atoms with van der Waals surface area (Å²) in [5, 5.41) is 9.19. The number of aryl methyl sites for hydroxylation is 1.